The molecule has 47 heavy (non-hydrogen) atoms. The van der Waals surface area contributed by atoms with Gasteiger partial charge in [0.2, 0.25) is 0 Å². The Hall–Kier alpha value is -3.57. The maximum absolute atomic E-state index is 9.36. The van der Waals surface area contributed by atoms with Gasteiger partial charge in [0.1, 0.15) is 12.4 Å². The fourth-order valence-corrected chi connectivity index (χ4v) is 6.84. The van der Waals surface area contributed by atoms with E-state index in [1.807, 2.05) is 0 Å². The first-order valence-corrected chi connectivity index (χ1v) is 16.8. The summed E-state index contributed by atoms with van der Waals surface area (Å²) >= 11 is 0. The molecule has 6 rings (SSSR count). The van der Waals surface area contributed by atoms with Crippen LogP contribution in [0.2, 0.25) is 0 Å². The second-order valence-corrected chi connectivity index (χ2v) is 12.5. The van der Waals surface area contributed by atoms with Gasteiger partial charge in [0.05, 0.1) is 70.5 Å². The SMILES string of the molecule is CN1C[C@H](OCCOCCOCCO)C[C@H]1COc1nc2c(c(N3CCNC(CC#N)C3)n1)CCN(c1cccc3ccccc13)C2. The number of nitriles is 1. The van der Waals surface area contributed by atoms with E-state index in [2.05, 4.69) is 75.6 Å². The molecule has 0 amide bonds. The van der Waals surface area contributed by atoms with Crippen LogP contribution in [0.5, 0.6) is 6.01 Å². The molecule has 2 saturated heterocycles. The van der Waals surface area contributed by atoms with E-state index < -0.39 is 0 Å². The Labute approximate surface area is 277 Å². The van der Waals surface area contributed by atoms with Gasteiger partial charge < -0.3 is 39.2 Å². The fourth-order valence-electron chi connectivity index (χ4n) is 6.84. The molecule has 1 unspecified atom stereocenters. The van der Waals surface area contributed by atoms with Crippen LogP contribution >= 0.6 is 0 Å². The summed E-state index contributed by atoms with van der Waals surface area (Å²) in [6.45, 7) is 7.54. The van der Waals surface area contributed by atoms with E-state index in [1.54, 1.807) is 0 Å². The lowest BCUT2D eigenvalue weighted by Crippen LogP contribution is -2.51. The number of hydrogen-bond acceptors (Lipinski definition) is 12. The lowest BCUT2D eigenvalue weighted by Gasteiger charge is -2.37. The van der Waals surface area contributed by atoms with Crippen molar-refractivity contribution >= 4 is 22.3 Å². The average Bonchev–Trinajstić information content (AvgIpc) is 3.46. The van der Waals surface area contributed by atoms with Crippen molar-refractivity contribution in [3.63, 3.8) is 0 Å². The molecule has 12 nitrogen and oxygen atoms in total. The van der Waals surface area contributed by atoms with Crippen LogP contribution in [-0.2, 0) is 27.2 Å². The Kier molecular flexibility index (Phi) is 11.7. The monoisotopic (exact) mass is 645 g/mol. The van der Waals surface area contributed by atoms with Gasteiger partial charge in [0.15, 0.2) is 0 Å². The Morgan fingerprint density at radius 3 is 2.68 bits per heavy atom. The lowest BCUT2D eigenvalue weighted by atomic mass is 10.0. The fraction of sp³-hybridized carbons (Fsp3) is 0.571. The number of nitrogens with zero attached hydrogens (tertiary/aromatic N) is 6. The van der Waals surface area contributed by atoms with Gasteiger partial charge in [-0.2, -0.15) is 15.2 Å². The highest BCUT2D eigenvalue weighted by Crippen LogP contribution is 2.34. The Morgan fingerprint density at radius 1 is 0.979 bits per heavy atom. The van der Waals surface area contributed by atoms with Crippen molar-refractivity contribution < 1.29 is 24.1 Å². The normalized spacial score (nSPS) is 21.6. The third-order valence-corrected chi connectivity index (χ3v) is 9.27. The highest BCUT2D eigenvalue weighted by Gasteiger charge is 2.32. The zero-order valence-electron chi connectivity index (χ0n) is 27.4. The van der Waals surface area contributed by atoms with Crippen LogP contribution in [-0.4, -0.2) is 124 Å². The first-order chi connectivity index (χ1) is 23.1. The minimum atomic E-state index is 0.0212. The quantitative estimate of drug-likeness (QED) is 0.236. The minimum absolute atomic E-state index is 0.0212. The van der Waals surface area contributed by atoms with Crippen molar-refractivity contribution in [3.05, 3.63) is 53.7 Å². The molecule has 3 aromatic rings. The number of benzene rings is 2. The van der Waals surface area contributed by atoms with E-state index in [-0.39, 0.29) is 24.8 Å². The summed E-state index contributed by atoms with van der Waals surface area (Å²) in [4.78, 5) is 17.1. The van der Waals surface area contributed by atoms with E-state index in [1.165, 1.54) is 22.0 Å². The molecular weight excluding hydrogens is 598 g/mol. The molecule has 0 spiro atoms. The van der Waals surface area contributed by atoms with Crippen molar-refractivity contribution in [2.24, 2.45) is 0 Å². The second-order valence-electron chi connectivity index (χ2n) is 12.5. The zero-order chi connectivity index (χ0) is 32.4. The van der Waals surface area contributed by atoms with Crippen molar-refractivity contribution in [2.75, 3.05) is 95.8 Å². The Bertz CT molecular complexity index is 1500. The number of hydrogen-bond donors (Lipinski definition) is 2. The van der Waals surface area contributed by atoms with E-state index in [0.717, 1.165) is 57.1 Å². The van der Waals surface area contributed by atoms with Crippen LogP contribution < -0.4 is 19.9 Å². The summed E-state index contributed by atoms with van der Waals surface area (Å²) in [6.07, 6.45) is 2.26. The van der Waals surface area contributed by atoms with Crippen molar-refractivity contribution in [1.82, 2.24) is 20.2 Å². The molecule has 0 saturated carbocycles. The summed E-state index contributed by atoms with van der Waals surface area (Å²) in [6, 6.07) is 18.0. The number of rotatable bonds is 15. The molecule has 3 aliphatic rings. The minimum Gasteiger partial charge on any atom is -0.462 e. The van der Waals surface area contributed by atoms with E-state index in [9.17, 15) is 5.26 Å². The van der Waals surface area contributed by atoms with Crippen molar-refractivity contribution in [1.29, 1.82) is 5.26 Å². The summed E-state index contributed by atoms with van der Waals surface area (Å²) < 4.78 is 23.3. The predicted octanol–water partition coefficient (Wildman–Crippen LogP) is 2.38. The second kappa shape index (κ2) is 16.5. The van der Waals surface area contributed by atoms with Gasteiger partial charge in [0.25, 0.3) is 0 Å². The molecule has 0 radical (unpaired) electrons. The highest BCUT2D eigenvalue weighted by molar-refractivity contribution is 5.94. The molecule has 3 atom stereocenters. The molecule has 3 aliphatic heterocycles. The number of anilines is 2. The number of likely N-dealkylation sites (tertiary alicyclic amines) is 1. The van der Waals surface area contributed by atoms with E-state index in [0.29, 0.717) is 58.6 Å². The third-order valence-electron chi connectivity index (χ3n) is 9.27. The number of likely N-dealkylation sites (N-methyl/N-ethyl adjacent to an activating group) is 1. The smallest absolute Gasteiger partial charge is 0.318 e. The van der Waals surface area contributed by atoms with Crippen molar-refractivity contribution in [3.8, 4) is 12.1 Å². The molecule has 1 aromatic heterocycles. The number of aliphatic hydroxyl groups excluding tert-OH is 1. The first-order valence-electron chi connectivity index (χ1n) is 16.8. The molecule has 2 aromatic carbocycles. The molecule has 0 bridgehead atoms. The number of aliphatic hydroxyl groups is 1. The lowest BCUT2D eigenvalue weighted by molar-refractivity contribution is -0.0113. The molecule has 4 heterocycles. The molecule has 2 fully saturated rings. The van der Waals surface area contributed by atoms with Gasteiger partial charge in [0, 0.05) is 61.4 Å². The molecule has 12 heteroatoms. The number of fused-ring (bicyclic) bond motifs is 2. The summed E-state index contributed by atoms with van der Waals surface area (Å²) in [5.41, 5.74) is 3.40. The first kappa shape index (κ1) is 33.3. The van der Waals surface area contributed by atoms with Crippen LogP contribution in [0.1, 0.15) is 24.1 Å². The van der Waals surface area contributed by atoms with Gasteiger partial charge in [-0.15, -0.1) is 0 Å². The van der Waals surface area contributed by atoms with Crippen molar-refractivity contribution in [2.45, 2.75) is 44.0 Å². The zero-order valence-corrected chi connectivity index (χ0v) is 27.4. The average molecular weight is 646 g/mol. The van der Waals surface area contributed by atoms with Crippen LogP contribution in [0, 0.1) is 11.3 Å². The Balaban J connectivity index is 1.13. The number of piperazine rings is 1. The topological polar surface area (TPSA) is 128 Å². The molecule has 0 aliphatic carbocycles. The summed E-state index contributed by atoms with van der Waals surface area (Å²) in [5.74, 6) is 0.940. The van der Waals surface area contributed by atoms with Gasteiger partial charge in [-0.1, -0.05) is 36.4 Å². The van der Waals surface area contributed by atoms with Gasteiger partial charge in [-0.05, 0) is 31.3 Å². The van der Waals surface area contributed by atoms with Gasteiger partial charge >= 0.3 is 6.01 Å². The number of ether oxygens (including phenoxy) is 4. The van der Waals surface area contributed by atoms with Crippen LogP contribution in [0.15, 0.2) is 42.5 Å². The molecule has 252 valence electrons. The van der Waals surface area contributed by atoms with E-state index >= 15 is 0 Å². The summed E-state index contributed by atoms with van der Waals surface area (Å²) in [5, 5.41) is 24.1. The number of nitrogens with one attached hydrogen (secondary N) is 1. The standard InChI is InChI=1S/C35H47N7O5/c1-40-23-29(46-20-19-45-18-17-44-16-15-43)21-28(40)25-47-35-38-32-24-41(33-8-4-6-26-5-2-3-7-30(26)33)13-10-31(32)34(39-35)42-14-12-37-27(22-42)9-11-36/h2-8,27-29,37,43H,9-10,12-25H2,1H3/t27?,28-,29+/m0/s1. The largest absolute Gasteiger partial charge is 0.462 e. The summed E-state index contributed by atoms with van der Waals surface area (Å²) in [7, 11) is 2.10. The maximum atomic E-state index is 9.36. The van der Waals surface area contributed by atoms with E-state index in [4.69, 9.17) is 34.0 Å². The van der Waals surface area contributed by atoms with Gasteiger partial charge in [-0.25, -0.2) is 0 Å². The highest BCUT2D eigenvalue weighted by atomic mass is 16.5. The third kappa shape index (κ3) is 8.48. The maximum Gasteiger partial charge on any atom is 0.318 e. The molecular formula is C35H47N7O5. The van der Waals surface area contributed by atoms with Crippen LogP contribution in [0.3, 0.4) is 0 Å². The van der Waals surface area contributed by atoms with Crippen LogP contribution in [0.4, 0.5) is 11.5 Å². The van der Waals surface area contributed by atoms with Gasteiger partial charge in [-0.3, -0.25) is 4.90 Å². The molecule has 2 N–H and O–H groups in total. The Morgan fingerprint density at radius 2 is 1.81 bits per heavy atom. The number of aromatic nitrogens is 2. The predicted molar refractivity (Wildman–Crippen MR) is 180 cm³/mol. The van der Waals surface area contributed by atoms with Crippen LogP contribution in [0.25, 0.3) is 10.8 Å².